The lowest BCUT2D eigenvalue weighted by atomic mass is 10.2. The Bertz CT molecular complexity index is 913. The summed E-state index contributed by atoms with van der Waals surface area (Å²) in [6.45, 7) is 5.67. The van der Waals surface area contributed by atoms with Gasteiger partial charge in [-0.1, -0.05) is 0 Å². The van der Waals surface area contributed by atoms with Crippen LogP contribution in [0.4, 0.5) is 39.8 Å². The van der Waals surface area contributed by atoms with Gasteiger partial charge in [-0.3, -0.25) is 4.90 Å². The average molecular weight is 427 g/mol. The Hall–Kier alpha value is -3.11. The van der Waals surface area contributed by atoms with Gasteiger partial charge in [-0.15, -0.1) is 0 Å². The van der Waals surface area contributed by atoms with Crippen molar-refractivity contribution in [2.75, 3.05) is 30.0 Å². The van der Waals surface area contributed by atoms with Gasteiger partial charge >= 0.3 is 12.3 Å². The van der Waals surface area contributed by atoms with Crippen LogP contribution in [0.25, 0.3) is 0 Å². The number of hydrogen-bond donors (Lipinski definition) is 1. The minimum Gasteiger partial charge on any atom is -0.444 e. The van der Waals surface area contributed by atoms with Crippen molar-refractivity contribution in [3.8, 4) is 0 Å². The van der Waals surface area contributed by atoms with E-state index in [1.54, 1.807) is 20.8 Å². The molecule has 1 aliphatic rings. The number of nitrogens with zero attached hydrogens (tertiary/aromatic N) is 4. The van der Waals surface area contributed by atoms with Gasteiger partial charge in [0.1, 0.15) is 17.2 Å². The number of hydrogen-bond acceptors (Lipinski definition) is 6. The summed E-state index contributed by atoms with van der Waals surface area (Å²) in [7, 11) is 0. The number of alkyl halides is 3. The maximum atomic E-state index is 13.3. The van der Waals surface area contributed by atoms with E-state index in [9.17, 15) is 22.4 Å². The molecule has 2 heterocycles. The smallest absolute Gasteiger partial charge is 0.433 e. The van der Waals surface area contributed by atoms with Crippen molar-refractivity contribution in [2.24, 2.45) is 0 Å². The zero-order valence-electron chi connectivity index (χ0n) is 16.6. The van der Waals surface area contributed by atoms with Crippen molar-refractivity contribution >= 4 is 23.5 Å². The van der Waals surface area contributed by atoms with E-state index in [0.717, 1.165) is 6.07 Å². The van der Waals surface area contributed by atoms with E-state index >= 15 is 0 Å². The number of amides is 1. The van der Waals surface area contributed by atoms with Crippen LogP contribution < -0.4 is 10.2 Å². The van der Waals surface area contributed by atoms with E-state index in [1.807, 2.05) is 0 Å². The zero-order chi connectivity index (χ0) is 22.1. The standard InChI is InChI=1S/C19H21F4N5O2/c1-18(2,3)30-17(29)28-9-8-27(11-28)16-25-14(19(21,22)23)10-15(26-16)24-13-6-4-12(20)5-7-13/h4-7,10H,8-9,11H2,1-3H3,(H,24,25,26). The monoisotopic (exact) mass is 427 g/mol. The van der Waals surface area contributed by atoms with Crippen molar-refractivity contribution < 1.29 is 27.1 Å². The molecule has 3 rings (SSSR count). The van der Waals surface area contributed by atoms with Crippen LogP contribution in [0.15, 0.2) is 30.3 Å². The normalized spacial score (nSPS) is 14.8. The lowest BCUT2D eigenvalue weighted by molar-refractivity contribution is -0.141. The van der Waals surface area contributed by atoms with Gasteiger partial charge in [0, 0.05) is 24.8 Å². The van der Waals surface area contributed by atoms with Crippen molar-refractivity contribution in [2.45, 2.75) is 32.5 Å². The Morgan fingerprint density at radius 2 is 1.77 bits per heavy atom. The second kappa shape index (κ2) is 7.96. The fourth-order valence-corrected chi connectivity index (χ4v) is 2.69. The fourth-order valence-electron chi connectivity index (χ4n) is 2.69. The van der Waals surface area contributed by atoms with Gasteiger partial charge in [-0.25, -0.2) is 14.2 Å². The lowest BCUT2D eigenvalue weighted by Crippen LogP contribution is -2.36. The van der Waals surface area contributed by atoms with Crippen LogP contribution in [-0.4, -0.2) is 46.3 Å². The van der Waals surface area contributed by atoms with Crippen LogP contribution in [0.3, 0.4) is 0 Å². The molecule has 0 saturated carbocycles. The van der Waals surface area contributed by atoms with Crippen molar-refractivity contribution in [1.29, 1.82) is 0 Å². The number of carbonyl (C=O) groups is 1. The van der Waals surface area contributed by atoms with Crippen LogP contribution in [0, 0.1) is 5.82 Å². The van der Waals surface area contributed by atoms with Crippen molar-refractivity contribution in [3.05, 3.63) is 41.8 Å². The second-order valence-electron chi connectivity index (χ2n) is 7.72. The zero-order valence-corrected chi connectivity index (χ0v) is 16.6. The molecule has 2 aromatic rings. The number of nitrogens with one attached hydrogen (secondary N) is 1. The molecule has 1 N–H and O–H groups in total. The highest BCUT2D eigenvalue weighted by atomic mass is 19.4. The van der Waals surface area contributed by atoms with E-state index in [2.05, 4.69) is 15.3 Å². The first-order chi connectivity index (χ1) is 13.9. The van der Waals surface area contributed by atoms with E-state index in [0.29, 0.717) is 5.69 Å². The summed E-state index contributed by atoms with van der Waals surface area (Å²) in [5.41, 5.74) is -1.46. The summed E-state index contributed by atoms with van der Waals surface area (Å²) in [4.78, 5) is 22.8. The number of aromatic nitrogens is 2. The molecule has 162 valence electrons. The Morgan fingerprint density at radius 3 is 2.37 bits per heavy atom. The number of ether oxygens (including phenoxy) is 1. The van der Waals surface area contributed by atoms with E-state index in [1.165, 1.54) is 34.1 Å². The largest absolute Gasteiger partial charge is 0.444 e. The summed E-state index contributed by atoms with van der Waals surface area (Å²) in [5.74, 6) is -0.755. The summed E-state index contributed by atoms with van der Waals surface area (Å²) < 4.78 is 58.4. The van der Waals surface area contributed by atoms with Crippen molar-refractivity contribution in [1.82, 2.24) is 14.9 Å². The van der Waals surface area contributed by atoms with Crippen molar-refractivity contribution in [3.63, 3.8) is 0 Å². The number of rotatable bonds is 3. The summed E-state index contributed by atoms with van der Waals surface area (Å²) >= 11 is 0. The average Bonchev–Trinajstić information content (AvgIpc) is 3.12. The van der Waals surface area contributed by atoms with Gasteiger partial charge in [0.05, 0.1) is 6.67 Å². The van der Waals surface area contributed by atoms with Gasteiger partial charge in [-0.2, -0.15) is 18.2 Å². The summed E-state index contributed by atoms with van der Waals surface area (Å²) in [6.07, 6.45) is -5.26. The Labute approximate surface area is 170 Å². The molecular formula is C19H21F4N5O2. The third-order valence-electron chi connectivity index (χ3n) is 4.04. The third-order valence-corrected chi connectivity index (χ3v) is 4.04. The molecule has 0 aliphatic carbocycles. The molecule has 1 fully saturated rings. The number of anilines is 3. The Balaban J connectivity index is 1.83. The minimum atomic E-state index is -4.69. The predicted octanol–water partition coefficient (Wildman–Crippen LogP) is 4.39. The number of carbonyl (C=O) groups excluding carboxylic acids is 1. The topological polar surface area (TPSA) is 70.6 Å². The lowest BCUT2D eigenvalue weighted by Gasteiger charge is -2.24. The molecule has 1 amide bonds. The minimum absolute atomic E-state index is 0.00773. The van der Waals surface area contributed by atoms with E-state index in [4.69, 9.17) is 4.74 Å². The van der Waals surface area contributed by atoms with Gasteiger partial charge < -0.3 is 15.0 Å². The highest BCUT2D eigenvalue weighted by molar-refractivity contribution is 5.69. The third kappa shape index (κ3) is 5.49. The molecule has 0 unspecified atom stereocenters. The highest BCUT2D eigenvalue weighted by Gasteiger charge is 2.36. The Morgan fingerprint density at radius 1 is 1.10 bits per heavy atom. The van der Waals surface area contributed by atoms with Crippen LogP contribution in [0.2, 0.25) is 0 Å². The molecule has 11 heteroatoms. The van der Waals surface area contributed by atoms with Crippen LogP contribution in [-0.2, 0) is 10.9 Å². The van der Waals surface area contributed by atoms with Crippen LogP contribution in [0.5, 0.6) is 0 Å². The van der Waals surface area contributed by atoms with Gasteiger partial charge in [-0.05, 0) is 45.0 Å². The Kier molecular flexibility index (Phi) is 5.73. The van der Waals surface area contributed by atoms with E-state index in [-0.39, 0.29) is 31.5 Å². The molecule has 1 aromatic heterocycles. The molecule has 0 atom stereocenters. The number of halogens is 4. The maximum Gasteiger partial charge on any atom is 0.433 e. The molecule has 0 bridgehead atoms. The first kappa shape index (κ1) is 21.6. The molecule has 0 radical (unpaired) electrons. The summed E-state index contributed by atoms with van der Waals surface area (Å²) in [6, 6.07) is 5.88. The number of benzene rings is 1. The first-order valence-electron chi connectivity index (χ1n) is 9.12. The molecule has 0 spiro atoms. The molecule has 1 aliphatic heterocycles. The molecule has 7 nitrogen and oxygen atoms in total. The first-order valence-corrected chi connectivity index (χ1v) is 9.12. The highest BCUT2D eigenvalue weighted by Crippen LogP contribution is 2.31. The SMILES string of the molecule is CC(C)(C)OC(=O)N1CCN(c2nc(Nc3ccc(F)cc3)cc(C(F)(F)F)n2)C1. The van der Waals surface area contributed by atoms with Gasteiger partial charge in [0.2, 0.25) is 5.95 Å². The van der Waals surface area contributed by atoms with Gasteiger partial charge in [0.15, 0.2) is 5.69 Å². The molecule has 30 heavy (non-hydrogen) atoms. The second-order valence-corrected chi connectivity index (χ2v) is 7.72. The fraction of sp³-hybridized carbons (Fsp3) is 0.421. The quantitative estimate of drug-likeness (QED) is 0.733. The molecule has 1 aromatic carbocycles. The maximum absolute atomic E-state index is 13.3. The van der Waals surface area contributed by atoms with Gasteiger partial charge in [0.25, 0.3) is 0 Å². The van der Waals surface area contributed by atoms with Crippen LogP contribution >= 0.6 is 0 Å². The predicted molar refractivity (Wildman–Crippen MR) is 102 cm³/mol. The van der Waals surface area contributed by atoms with E-state index < -0.39 is 29.4 Å². The molecular weight excluding hydrogens is 406 g/mol. The molecule has 1 saturated heterocycles. The summed E-state index contributed by atoms with van der Waals surface area (Å²) in [5, 5.41) is 2.72. The van der Waals surface area contributed by atoms with Crippen LogP contribution in [0.1, 0.15) is 26.5 Å².